The average molecular weight is 715 g/mol. The van der Waals surface area contributed by atoms with E-state index in [-0.39, 0.29) is 16.8 Å². The minimum Gasteiger partial charge on any atom is -0.310 e. The van der Waals surface area contributed by atoms with Gasteiger partial charge in [0, 0.05) is 37.2 Å². The summed E-state index contributed by atoms with van der Waals surface area (Å²) in [5.41, 5.74) is 6.66. The third-order valence-corrected chi connectivity index (χ3v) is 11.0. The van der Waals surface area contributed by atoms with Crippen molar-refractivity contribution in [3.05, 3.63) is 212 Å². The Balaban J connectivity index is 1.21. The van der Waals surface area contributed by atoms with Crippen LogP contribution in [-0.2, 0) is 0 Å². The lowest BCUT2D eigenvalue weighted by atomic mass is 9.92. The van der Waals surface area contributed by atoms with Crippen molar-refractivity contribution in [3.8, 4) is 44.5 Å². The number of benzene rings is 9. The Bertz CT molecular complexity index is 3390. The van der Waals surface area contributed by atoms with Crippen molar-refractivity contribution in [1.29, 1.82) is 0 Å². The van der Waals surface area contributed by atoms with Gasteiger partial charge in [-0.05, 0) is 104 Å². The molecule has 0 aliphatic carbocycles. The van der Waals surface area contributed by atoms with E-state index in [2.05, 4.69) is 66.7 Å². The summed E-state index contributed by atoms with van der Waals surface area (Å²) in [7, 11) is 0. The zero-order valence-electron chi connectivity index (χ0n) is 37.9. The van der Waals surface area contributed by atoms with Gasteiger partial charge in [-0.25, -0.2) is 0 Å². The van der Waals surface area contributed by atoms with E-state index in [9.17, 15) is 5.48 Å². The molecule has 0 saturated heterocycles. The Hall–Kier alpha value is -6.74. The maximum absolute atomic E-state index is 9.54. The molecule has 10 aromatic rings. The van der Waals surface area contributed by atoms with Gasteiger partial charge in [-0.15, -0.1) is 11.3 Å². The minimum atomic E-state index is -0.623. The highest BCUT2D eigenvalue weighted by molar-refractivity contribution is 7.26. The molecule has 2 heteroatoms. The number of hydrogen-bond donors (Lipinski definition) is 0. The molecule has 54 heavy (non-hydrogen) atoms. The first kappa shape index (κ1) is 23.7. The summed E-state index contributed by atoms with van der Waals surface area (Å²) in [4.78, 5) is 1.73. The lowest BCUT2D eigenvalue weighted by molar-refractivity contribution is 1.29. The molecular weight excluding hydrogens is 671 g/mol. The predicted molar refractivity (Wildman–Crippen MR) is 233 cm³/mol. The summed E-state index contributed by atoms with van der Waals surface area (Å²) in [5.74, 6) is 0. The minimum absolute atomic E-state index is 0.0486. The van der Waals surface area contributed by atoms with Gasteiger partial charge in [0.25, 0.3) is 0 Å². The monoisotopic (exact) mass is 714 g/mol. The number of nitrogens with zero attached hydrogens (tertiary/aromatic N) is 1. The van der Waals surface area contributed by atoms with Gasteiger partial charge >= 0.3 is 0 Å². The van der Waals surface area contributed by atoms with Crippen LogP contribution in [0, 0.1) is 0 Å². The first-order chi connectivity index (χ1) is 30.5. The first-order valence-corrected chi connectivity index (χ1v) is 18.5. The lowest BCUT2D eigenvalue weighted by Gasteiger charge is -2.26. The second kappa shape index (κ2) is 13.7. The maximum atomic E-state index is 9.54. The van der Waals surface area contributed by atoms with Crippen molar-refractivity contribution in [2.75, 3.05) is 4.90 Å². The van der Waals surface area contributed by atoms with Gasteiger partial charge in [-0.1, -0.05) is 164 Å². The van der Waals surface area contributed by atoms with E-state index in [0.29, 0.717) is 11.4 Å². The fourth-order valence-corrected chi connectivity index (χ4v) is 8.47. The molecule has 0 spiro atoms. The first-order valence-electron chi connectivity index (χ1n) is 22.2. The molecule has 254 valence electrons. The van der Waals surface area contributed by atoms with Crippen LogP contribution in [0.3, 0.4) is 0 Å². The summed E-state index contributed by atoms with van der Waals surface area (Å²) in [5, 5.41) is 4.19. The largest absolute Gasteiger partial charge is 0.310 e. The smallest absolute Gasteiger partial charge is 0.0645 e. The molecule has 0 aliphatic rings. The molecule has 1 nitrogen and oxygen atoms in total. The van der Waals surface area contributed by atoms with Gasteiger partial charge in [-0.2, -0.15) is 0 Å². The average Bonchev–Trinajstić information content (AvgIpc) is 3.70. The Labute approximate surface area is 332 Å². The molecular formula is C52H35NS. The van der Waals surface area contributed by atoms with Crippen LogP contribution in [0.4, 0.5) is 17.1 Å². The summed E-state index contributed by atoms with van der Waals surface area (Å²) in [6.07, 6.45) is 0. The van der Waals surface area contributed by atoms with Crippen LogP contribution in [0.15, 0.2) is 212 Å². The number of anilines is 3. The number of fused-ring (bicyclic) bond motifs is 4. The van der Waals surface area contributed by atoms with Gasteiger partial charge in [0.05, 0.1) is 12.3 Å². The molecule has 0 unspecified atom stereocenters. The molecule has 0 saturated carbocycles. The van der Waals surface area contributed by atoms with Crippen LogP contribution >= 0.6 is 11.3 Å². The molecule has 0 aliphatic heterocycles. The zero-order chi connectivity index (χ0) is 43.7. The second-order valence-corrected chi connectivity index (χ2v) is 14.1. The molecule has 9 aromatic carbocycles. The van der Waals surface area contributed by atoms with Crippen LogP contribution in [-0.4, -0.2) is 0 Å². The summed E-state index contributed by atoms with van der Waals surface area (Å²) >= 11 is 1.67. The third kappa shape index (κ3) is 5.74. The van der Waals surface area contributed by atoms with E-state index in [1.54, 1.807) is 16.2 Å². The summed E-state index contributed by atoms with van der Waals surface area (Å²) in [6.45, 7) is 0. The van der Waals surface area contributed by atoms with Gasteiger partial charge < -0.3 is 4.90 Å². The van der Waals surface area contributed by atoms with Crippen molar-refractivity contribution >= 4 is 59.3 Å². The highest BCUT2D eigenvalue weighted by Crippen LogP contribution is 2.46. The second-order valence-electron chi connectivity index (χ2n) is 13.0. The number of hydrogen-bond acceptors (Lipinski definition) is 2. The highest BCUT2D eigenvalue weighted by Gasteiger charge is 2.18. The molecule has 0 N–H and O–H groups in total. The van der Waals surface area contributed by atoms with E-state index in [1.807, 2.05) is 91.0 Å². The van der Waals surface area contributed by atoms with Crippen LogP contribution in [0.25, 0.3) is 75.5 Å². The van der Waals surface area contributed by atoms with Crippen LogP contribution in [0.2, 0.25) is 0 Å². The Morgan fingerprint density at radius 1 is 0.370 bits per heavy atom. The van der Waals surface area contributed by atoms with Gasteiger partial charge in [0.1, 0.15) is 0 Å². The van der Waals surface area contributed by atoms with Gasteiger partial charge in [0.2, 0.25) is 0 Å². The van der Waals surface area contributed by atoms with Crippen molar-refractivity contribution in [2.24, 2.45) is 0 Å². The maximum Gasteiger partial charge on any atom is 0.0645 e. The zero-order valence-corrected chi connectivity index (χ0v) is 29.7. The fourth-order valence-electron chi connectivity index (χ4n) is 7.36. The van der Waals surface area contributed by atoms with Gasteiger partial charge in [0.15, 0.2) is 0 Å². The summed E-state index contributed by atoms with van der Waals surface area (Å²) in [6, 6.07) is 48.1. The van der Waals surface area contributed by atoms with E-state index >= 15 is 0 Å². The molecule has 1 aromatic heterocycles. The molecule has 0 fully saturated rings. The van der Waals surface area contributed by atoms with Crippen molar-refractivity contribution in [1.82, 2.24) is 0 Å². The van der Waals surface area contributed by atoms with Crippen LogP contribution < -0.4 is 4.90 Å². The number of rotatable bonds is 7. The third-order valence-electron chi connectivity index (χ3n) is 9.85. The van der Waals surface area contributed by atoms with E-state index in [1.165, 1.54) is 0 Å². The Morgan fingerprint density at radius 2 is 1.00 bits per heavy atom. The fraction of sp³-hybridized carbons (Fsp3) is 0. The van der Waals surface area contributed by atoms with E-state index in [0.717, 1.165) is 64.3 Å². The standard InChI is InChI=1S/C52H35NS/c1-3-13-36(14-4-1)37-25-29-41(30-26-37)53(42-31-27-40(28-32-42)45-22-11-18-39-17-7-8-19-44(39)45)43-33-34-50-49(35-43)52-48(23-12-24-51(52)54-50)47-21-10-9-20-46(47)38-15-5-2-6-16-38/h1-35H/i1D,3D,4D,13D,14D,25D,26D,29D,30D. The van der Waals surface area contributed by atoms with Crippen molar-refractivity contribution in [3.63, 3.8) is 0 Å². The number of thiophene rings is 1. The molecule has 0 radical (unpaired) electrons. The molecule has 0 bridgehead atoms. The topological polar surface area (TPSA) is 3.24 Å². The lowest BCUT2D eigenvalue weighted by Crippen LogP contribution is -2.09. The summed E-state index contributed by atoms with van der Waals surface area (Å²) < 4.78 is 81.9. The van der Waals surface area contributed by atoms with Crippen molar-refractivity contribution < 1.29 is 12.3 Å². The Morgan fingerprint density at radius 3 is 1.83 bits per heavy atom. The van der Waals surface area contributed by atoms with E-state index in [4.69, 9.17) is 6.85 Å². The van der Waals surface area contributed by atoms with E-state index < -0.39 is 54.4 Å². The Kier molecular flexibility index (Phi) is 6.01. The van der Waals surface area contributed by atoms with Crippen molar-refractivity contribution in [2.45, 2.75) is 0 Å². The predicted octanol–water partition coefficient (Wildman–Crippen LogP) is 15.3. The van der Waals surface area contributed by atoms with Gasteiger partial charge in [-0.3, -0.25) is 0 Å². The normalized spacial score (nSPS) is 13.7. The molecule has 1 heterocycles. The molecule has 10 rings (SSSR count). The van der Waals surface area contributed by atoms with Crippen LogP contribution in [0.1, 0.15) is 12.3 Å². The van der Waals surface area contributed by atoms with Crippen LogP contribution in [0.5, 0.6) is 0 Å². The highest BCUT2D eigenvalue weighted by atomic mass is 32.1. The SMILES string of the molecule is [2H]c1c([2H])c([2H])c(-c2c([2H])c([2H])c(N(c3ccc(-c4cccc5ccccc45)cc3)c3ccc4sc5cccc(-c6ccccc6-c6ccccc6)c5c4c3)c([2H])c2[2H])c([2H])c1[2H]. The molecule has 0 amide bonds. The quantitative estimate of drug-likeness (QED) is 0.159. The molecule has 0 atom stereocenters.